The van der Waals surface area contributed by atoms with E-state index in [1.54, 1.807) is 38.1 Å². The number of carbonyl (C=O) groups is 5. The van der Waals surface area contributed by atoms with Crippen LogP contribution in [0.15, 0.2) is 36.4 Å². The van der Waals surface area contributed by atoms with Crippen LogP contribution in [0.2, 0.25) is 0 Å². The van der Waals surface area contributed by atoms with E-state index in [0.29, 0.717) is 0 Å². The van der Waals surface area contributed by atoms with Gasteiger partial charge in [-0.25, -0.2) is 4.79 Å². The van der Waals surface area contributed by atoms with Crippen LogP contribution in [0.3, 0.4) is 0 Å². The molecule has 9 N–H and O–H groups in total. The Labute approximate surface area is 242 Å². The van der Waals surface area contributed by atoms with Crippen molar-refractivity contribution in [3.05, 3.63) is 64.2 Å². The number of phenolic OH excluding ortho intramolecular Hbond substituents is 1. The van der Waals surface area contributed by atoms with Crippen molar-refractivity contribution in [2.45, 2.75) is 63.8 Å². The Morgan fingerprint density at radius 3 is 2.02 bits per heavy atom. The molecule has 13 nitrogen and oxygen atoms in total. The van der Waals surface area contributed by atoms with Crippen LogP contribution in [-0.4, -0.2) is 81.7 Å². The molecule has 2 aromatic carbocycles. The van der Waals surface area contributed by atoms with Gasteiger partial charge < -0.3 is 42.3 Å². The maximum absolute atomic E-state index is 13.4. The highest BCUT2D eigenvalue weighted by Gasteiger charge is 2.45. The largest absolute Gasteiger partial charge is 0.508 e. The van der Waals surface area contributed by atoms with Gasteiger partial charge in [-0.3, -0.25) is 19.2 Å². The summed E-state index contributed by atoms with van der Waals surface area (Å²) in [6.07, 6.45) is -0.927. The second-order valence-electron chi connectivity index (χ2n) is 10.6. The lowest BCUT2D eigenvalue weighted by Gasteiger charge is -2.29. The van der Waals surface area contributed by atoms with Crippen LogP contribution in [0.1, 0.15) is 34.7 Å². The van der Waals surface area contributed by atoms with Crippen molar-refractivity contribution in [3.63, 3.8) is 0 Å². The minimum atomic E-state index is -1.56. The molecule has 0 fully saturated rings. The van der Waals surface area contributed by atoms with Crippen molar-refractivity contribution in [3.8, 4) is 5.75 Å². The van der Waals surface area contributed by atoms with Gasteiger partial charge in [0, 0.05) is 12.8 Å². The molecule has 0 saturated carbocycles. The van der Waals surface area contributed by atoms with Crippen LogP contribution in [0.25, 0.3) is 0 Å². The van der Waals surface area contributed by atoms with Gasteiger partial charge >= 0.3 is 5.97 Å². The first-order chi connectivity index (χ1) is 19.7. The quantitative estimate of drug-likeness (QED) is 0.149. The summed E-state index contributed by atoms with van der Waals surface area (Å²) in [4.78, 5) is 62.6. The molecule has 1 aliphatic carbocycles. The lowest BCUT2D eigenvalue weighted by atomic mass is 9.94. The van der Waals surface area contributed by atoms with Gasteiger partial charge in [0.2, 0.25) is 23.6 Å². The maximum Gasteiger partial charge on any atom is 0.328 e. The zero-order valence-corrected chi connectivity index (χ0v) is 23.7. The van der Waals surface area contributed by atoms with Crippen LogP contribution in [-0.2, 0) is 43.2 Å². The van der Waals surface area contributed by atoms with Crippen molar-refractivity contribution >= 4 is 29.6 Å². The molecule has 226 valence electrons. The van der Waals surface area contributed by atoms with Gasteiger partial charge in [0.25, 0.3) is 0 Å². The number of aliphatic hydroxyl groups excluding tert-OH is 1. The maximum atomic E-state index is 13.4. The van der Waals surface area contributed by atoms with E-state index in [0.717, 1.165) is 27.8 Å². The van der Waals surface area contributed by atoms with E-state index in [2.05, 4.69) is 21.3 Å². The van der Waals surface area contributed by atoms with E-state index >= 15 is 0 Å². The molecule has 3 atom stereocenters. The van der Waals surface area contributed by atoms with Crippen LogP contribution in [0, 0.1) is 13.8 Å². The molecule has 2 aromatic rings. The number of carbonyl (C=O) groups excluding carboxylic acids is 4. The van der Waals surface area contributed by atoms with Crippen LogP contribution in [0.5, 0.6) is 5.75 Å². The van der Waals surface area contributed by atoms with E-state index in [-0.39, 0.29) is 25.0 Å². The van der Waals surface area contributed by atoms with Gasteiger partial charge in [-0.05, 0) is 67.1 Å². The van der Waals surface area contributed by atoms with Crippen molar-refractivity contribution in [2.75, 3.05) is 13.1 Å². The summed E-state index contributed by atoms with van der Waals surface area (Å²) in [5.74, 6) is -4.07. The monoisotopic (exact) mass is 583 g/mol. The normalized spacial score (nSPS) is 15.5. The number of aliphatic hydroxyl groups is 1. The van der Waals surface area contributed by atoms with Gasteiger partial charge in [-0.15, -0.1) is 0 Å². The Morgan fingerprint density at radius 1 is 0.952 bits per heavy atom. The number of hydrogen-bond donors (Lipinski definition) is 8. The predicted molar refractivity (Wildman–Crippen MR) is 151 cm³/mol. The average molecular weight is 584 g/mol. The molecule has 0 radical (unpaired) electrons. The van der Waals surface area contributed by atoms with Gasteiger partial charge in [0.05, 0.1) is 25.2 Å². The number of phenols is 1. The van der Waals surface area contributed by atoms with Gasteiger partial charge in [-0.2, -0.15) is 0 Å². The number of carboxylic acid groups (broad SMARTS) is 1. The van der Waals surface area contributed by atoms with E-state index in [1.165, 1.54) is 6.92 Å². The third-order valence-corrected chi connectivity index (χ3v) is 7.26. The Bertz CT molecular complexity index is 1330. The first-order valence-electron chi connectivity index (χ1n) is 13.4. The molecule has 42 heavy (non-hydrogen) atoms. The van der Waals surface area contributed by atoms with Gasteiger partial charge in [0.1, 0.15) is 11.3 Å². The van der Waals surface area contributed by atoms with E-state index in [4.69, 9.17) is 10.8 Å². The Hall–Kier alpha value is -4.49. The van der Waals surface area contributed by atoms with Crippen LogP contribution < -0.4 is 27.0 Å². The average Bonchev–Trinajstić information content (AvgIpc) is 3.29. The SMILES string of the molecule is Cc1cc(O)cc(C)c1CC(N)C(=O)NCC(=O)NC1(C(=O)NCC(=O)NC(C(=O)O)C(C)O)Cc2ccccc2C1. The molecule has 3 rings (SSSR count). The molecular weight excluding hydrogens is 546 g/mol. The number of nitrogens with one attached hydrogen (secondary N) is 4. The Kier molecular flexibility index (Phi) is 10.3. The first kappa shape index (κ1) is 32.0. The van der Waals surface area contributed by atoms with Crippen molar-refractivity contribution in [1.29, 1.82) is 0 Å². The molecule has 0 heterocycles. The van der Waals surface area contributed by atoms with E-state index in [9.17, 15) is 34.2 Å². The fourth-order valence-electron chi connectivity index (χ4n) is 5.08. The van der Waals surface area contributed by atoms with E-state index in [1.807, 2.05) is 12.1 Å². The number of hydrogen-bond acceptors (Lipinski definition) is 8. The lowest BCUT2D eigenvalue weighted by molar-refractivity contribution is -0.144. The Balaban J connectivity index is 1.64. The molecule has 4 amide bonds. The van der Waals surface area contributed by atoms with Crippen molar-refractivity contribution in [1.82, 2.24) is 21.3 Å². The van der Waals surface area contributed by atoms with Crippen LogP contribution >= 0.6 is 0 Å². The highest BCUT2D eigenvalue weighted by molar-refractivity contribution is 5.96. The molecule has 13 heteroatoms. The topological polar surface area (TPSA) is 220 Å². The molecule has 1 aliphatic rings. The van der Waals surface area contributed by atoms with Gasteiger partial charge in [-0.1, -0.05) is 24.3 Å². The number of aliphatic carboxylic acids is 1. The number of nitrogens with two attached hydrogens (primary N) is 1. The van der Waals surface area contributed by atoms with Crippen molar-refractivity contribution in [2.24, 2.45) is 5.73 Å². The standard InChI is InChI=1S/C29H37N5O8/c1-15-8-20(36)9-16(2)21(15)10-22(30)26(39)31-14-24(38)34-29(11-18-6-4-5-7-19(18)12-29)28(42)32-13-23(37)33-25(17(3)35)27(40)41/h4-9,17,22,25,35-36H,10-14,30H2,1-3H3,(H,31,39)(H,32,42)(H,33,37)(H,34,38)(H,40,41). The second-order valence-corrected chi connectivity index (χ2v) is 10.6. The van der Waals surface area contributed by atoms with Crippen molar-refractivity contribution < 1.29 is 39.3 Å². The van der Waals surface area contributed by atoms with E-state index < -0.39 is 66.4 Å². The molecular formula is C29H37N5O8. The molecule has 3 unspecified atom stereocenters. The summed E-state index contributed by atoms with van der Waals surface area (Å²) < 4.78 is 0. The number of amides is 4. The third kappa shape index (κ3) is 7.83. The summed E-state index contributed by atoms with van der Waals surface area (Å²) in [5.41, 5.74) is 8.63. The number of aryl methyl sites for hydroxylation is 2. The zero-order chi connectivity index (χ0) is 31.2. The molecule has 0 spiro atoms. The molecule has 0 saturated heterocycles. The third-order valence-electron chi connectivity index (χ3n) is 7.26. The number of carboxylic acids is 1. The van der Waals surface area contributed by atoms with Crippen LogP contribution in [0.4, 0.5) is 0 Å². The smallest absolute Gasteiger partial charge is 0.328 e. The highest BCUT2D eigenvalue weighted by atomic mass is 16.4. The zero-order valence-electron chi connectivity index (χ0n) is 23.7. The highest BCUT2D eigenvalue weighted by Crippen LogP contribution is 2.30. The fourth-order valence-corrected chi connectivity index (χ4v) is 5.08. The molecule has 0 aliphatic heterocycles. The fraction of sp³-hybridized carbons (Fsp3) is 0.414. The number of benzene rings is 2. The molecule has 0 aromatic heterocycles. The lowest BCUT2D eigenvalue weighted by Crippen LogP contribution is -2.62. The summed E-state index contributed by atoms with van der Waals surface area (Å²) in [6, 6.07) is 7.84. The second kappa shape index (κ2) is 13.4. The first-order valence-corrected chi connectivity index (χ1v) is 13.4. The van der Waals surface area contributed by atoms with Gasteiger partial charge in [0.15, 0.2) is 6.04 Å². The summed E-state index contributed by atoms with van der Waals surface area (Å²) >= 11 is 0. The Morgan fingerprint density at radius 2 is 1.50 bits per heavy atom. The summed E-state index contributed by atoms with van der Waals surface area (Å²) in [5, 5.41) is 38.3. The summed E-state index contributed by atoms with van der Waals surface area (Å²) in [7, 11) is 0. The number of rotatable bonds is 12. The predicted octanol–water partition coefficient (Wildman–Crippen LogP) is -1.28. The number of fused-ring (bicyclic) bond motifs is 1. The molecule has 0 bridgehead atoms. The number of aromatic hydroxyl groups is 1. The minimum absolute atomic E-state index is 0.111. The summed E-state index contributed by atoms with van der Waals surface area (Å²) in [6.45, 7) is 3.75. The minimum Gasteiger partial charge on any atom is -0.508 e.